The summed E-state index contributed by atoms with van der Waals surface area (Å²) in [5.41, 5.74) is 0.546. The Balaban J connectivity index is 2.25. The fraction of sp³-hybridized carbons (Fsp3) is 0.562. The third kappa shape index (κ3) is 6.57. The van der Waals surface area contributed by atoms with E-state index in [1.54, 1.807) is 24.3 Å². The number of carbonyl (C=O) groups is 1. The second kappa shape index (κ2) is 10.3. The molecule has 0 saturated heterocycles. The van der Waals surface area contributed by atoms with E-state index in [1.165, 1.54) is 0 Å². The zero-order valence-corrected chi connectivity index (χ0v) is 12.1. The highest BCUT2D eigenvalue weighted by atomic mass is 16.5. The number of unbranched alkanes of at least 4 members (excludes halogenated alkanes) is 3. The lowest BCUT2D eigenvalue weighted by atomic mass is 10.2. The largest absolute Gasteiger partial charge is 0.494 e. The van der Waals surface area contributed by atoms with Gasteiger partial charge in [0.2, 0.25) is 0 Å². The standard InChI is InChI=1S/C16H24O4/c1-2-12-19-15-9-7-14(8-10-15)16(18)20-13-6-4-3-5-11-17/h7-10,17H,2-6,11-13H2,1H3. The van der Waals surface area contributed by atoms with Gasteiger partial charge in [0, 0.05) is 6.61 Å². The predicted molar refractivity (Wildman–Crippen MR) is 78.1 cm³/mol. The number of benzene rings is 1. The van der Waals surface area contributed by atoms with E-state index in [4.69, 9.17) is 14.6 Å². The van der Waals surface area contributed by atoms with Gasteiger partial charge in [0.05, 0.1) is 18.8 Å². The minimum Gasteiger partial charge on any atom is -0.494 e. The summed E-state index contributed by atoms with van der Waals surface area (Å²) in [6, 6.07) is 7.01. The summed E-state index contributed by atoms with van der Waals surface area (Å²) >= 11 is 0. The first kappa shape index (κ1) is 16.5. The lowest BCUT2D eigenvalue weighted by molar-refractivity contribution is 0.0497. The van der Waals surface area contributed by atoms with Crippen molar-refractivity contribution in [2.45, 2.75) is 39.0 Å². The first-order valence-corrected chi connectivity index (χ1v) is 7.28. The van der Waals surface area contributed by atoms with E-state index in [2.05, 4.69) is 0 Å². The van der Waals surface area contributed by atoms with Crippen LogP contribution in [0.3, 0.4) is 0 Å². The predicted octanol–water partition coefficient (Wildman–Crippen LogP) is 3.18. The van der Waals surface area contributed by atoms with Crippen molar-refractivity contribution >= 4 is 5.97 Å². The Bertz CT molecular complexity index is 373. The maximum atomic E-state index is 11.8. The lowest BCUT2D eigenvalue weighted by Crippen LogP contribution is -2.06. The maximum absolute atomic E-state index is 11.8. The molecule has 0 aliphatic rings. The molecule has 0 aliphatic heterocycles. The van der Waals surface area contributed by atoms with Gasteiger partial charge in [-0.25, -0.2) is 4.79 Å². The minimum absolute atomic E-state index is 0.228. The van der Waals surface area contributed by atoms with Crippen molar-refractivity contribution in [2.75, 3.05) is 19.8 Å². The Morgan fingerprint density at radius 1 is 1.05 bits per heavy atom. The highest BCUT2D eigenvalue weighted by molar-refractivity contribution is 5.89. The quantitative estimate of drug-likeness (QED) is 0.528. The molecule has 0 spiro atoms. The summed E-state index contributed by atoms with van der Waals surface area (Å²) < 4.78 is 10.6. The van der Waals surface area contributed by atoms with E-state index in [1.807, 2.05) is 6.92 Å². The van der Waals surface area contributed by atoms with Gasteiger partial charge in [0.25, 0.3) is 0 Å². The van der Waals surface area contributed by atoms with E-state index in [0.29, 0.717) is 18.8 Å². The van der Waals surface area contributed by atoms with Crippen LogP contribution in [0.2, 0.25) is 0 Å². The summed E-state index contributed by atoms with van der Waals surface area (Å²) in [4.78, 5) is 11.8. The van der Waals surface area contributed by atoms with Crippen molar-refractivity contribution in [1.29, 1.82) is 0 Å². The van der Waals surface area contributed by atoms with Crippen molar-refractivity contribution < 1.29 is 19.4 Å². The molecule has 0 heterocycles. The van der Waals surface area contributed by atoms with Crippen LogP contribution in [-0.4, -0.2) is 30.9 Å². The lowest BCUT2D eigenvalue weighted by Gasteiger charge is -2.07. The van der Waals surface area contributed by atoms with Crippen LogP contribution in [0.25, 0.3) is 0 Å². The van der Waals surface area contributed by atoms with Crippen molar-refractivity contribution in [1.82, 2.24) is 0 Å². The van der Waals surface area contributed by atoms with Gasteiger partial charge < -0.3 is 14.6 Å². The third-order valence-corrected chi connectivity index (χ3v) is 2.85. The van der Waals surface area contributed by atoms with Crippen LogP contribution in [0.5, 0.6) is 5.75 Å². The van der Waals surface area contributed by atoms with Gasteiger partial charge in [-0.3, -0.25) is 0 Å². The second-order valence-electron chi connectivity index (χ2n) is 4.65. The van der Waals surface area contributed by atoms with Crippen LogP contribution >= 0.6 is 0 Å². The van der Waals surface area contributed by atoms with E-state index in [-0.39, 0.29) is 12.6 Å². The van der Waals surface area contributed by atoms with Crippen LogP contribution in [0, 0.1) is 0 Å². The van der Waals surface area contributed by atoms with Gasteiger partial charge in [0.1, 0.15) is 5.75 Å². The zero-order chi connectivity index (χ0) is 14.6. The topological polar surface area (TPSA) is 55.8 Å². The van der Waals surface area contributed by atoms with Crippen LogP contribution in [0.15, 0.2) is 24.3 Å². The molecule has 4 nitrogen and oxygen atoms in total. The van der Waals surface area contributed by atoms with Crippen molar-refractivity contribution in [2.24, 2.45) is 0 Å². The van der Waals surface area contributed by atoms with Gasteiger partial charge in [-0.1, -0.05) is 13.3 Å². The van der Waals surface area contributed by atoms with E-state index < -0.39 is 0 Å². The number of hydrogen-bond acceptors (Lipinski definition) is 4. The summed E-state index contributed by atoms with van der Waals surface area (Å²) in [6.07, 6.45) is 4.55. The molecule has 0 amide bonds. The van der Waals surface area contributed by atoms with Crippen LogP contribution in [-0.2, 0) is 4.74 Å². The molecule has 0 radical (unpaired) electrons. The smallest absolute Gasteiger partial charge is 0.338 e. The Hall–Kier alpha value is -1.55. The van der Waals surface area contributed by atoms with Crippen molar-refractivity contribution in [3.63, 3.8) is 0 Å². The van der Waals surface area contributed by atoms with Gasteiger partial charge in [-0.2, -0.15) is 0 Å². The van der Waals surface area contributed by atoms with Gasteiger partial charge in [0.15, 0.2) is 0 Å². The Morgan fingerprint density at radius 3 is 2.40 bits per heavy atom. The normalized spacial score (nSPS) is 10.3. The molecular formula is C16H24O4. The molecule has 0 fully saturated rings. The molecule has 1 aromatic rings. The van der Waals surface area contributed by atoms with Gasteiger partial charge in [-0.15, -0.1) is 0 Å². The van der Waals surface area contributed by atoms with Crippen LogP contribution in [0.4, 0.5) is 0 Å². The van der Waals surface area contributed by atoms with Gasteiger partial charge in [-0.05, 0) is 49.9 Å². The first-order valence-electron chi connectivity index (χ1n) is 7.28. The number of rotatable bonds is 10. The Kier molecular flexibility index (Phi) is 8.47. The molecule has 0 saturated carbocycles. The zero-order valence-electron chi connectivity index (χ0n) is 12.1. The molecule has 1 rings (SSSR count). The number of esters is 1. The molecule has 4 heteroatoms. The average molecular weight is 280 g/mol. The number of aliphatic hydroxyl groups is 1. The van der Waals surface area contributed by atoms with Crippen molar-refractivity contribution in [3.8, 4) is 5.75 Å². The molecule has 0 aliphatic carbocycles. The highest BCUT2D eigenvalue weighted by Crippen LogP contribution is 2.13. The molecule has 0 unspecified atom stereocenters. The highest BCUT2D eigenvalue weighted by Gasteiger charge is 2.06. The van der Waals surface area contributed by atoms with Crippen molar-refractivity contribution in [3.05, 3.63) is 29.8 Å². The molecule has 1 N–H and O–H groups in total. The molecule has 112 valence electrons. The average Bonchev–Trinajstić information content (AvgIpc) is 2.49. The molecule has 1 aromatic carbocycles. The molecular weight excluding hydrogens is 256 g/mol. The van der Waals surface area contributed by atoms with Crippen LogP contribution < -0.4 is 4.74 Å². The summed E-state index contributed by atoms with van der Waals surface area (Å²) in [5, 5.41) is 8.64. The van der Waals surface area contributed by atoms with E-state index in [0.717, 1.165) is 37.9 Å². The number of ether oxygens (including phenoxy) is 2. The van der Waals surface area contributed by atoms with Crippen LogP contribution in [0.1, 0.15) is 49.4 Å². The minimum atomic E-state index is -0.297. The Labute approximate surface area is 120 Å². The fourth-order valence-electron chi connectivity index (χ4n) is 1.72. The van der Waals surface area contributed by atoms with Gasteiger partial charge >= 0.3 is 5.97 Å². The third-order valence-electron chi connectivity index (χ3n) is 2.85. The van der Waals surface area contributed by atoms with E-state index in [9.17, 15) is 4.79 Å². The summed E-state index contributed by atoms with van der Waals surface area (Å²) in [7, 11) is 0. The number of hydrogen-bond donors (Lipinski definition) is 1. The molecule has 0 bridgehead atoms. The first-order chi connectivity index (χ1) is 9.77. The second-order valence-corrected chi connectivity index (χ2v) is 4.65. The molecule has 0 atom stereocenters. The number of aliphatic hydroxyl groups excluding tert-OH is 1. The Morgan fingerprint density at radius 2 is 1.75 bits per heavy atom. The summed E-state index contributed by atoms with van der Waals surface area (Å²) in [6.45, 7) is 3.38. The summed E-state index contributed by atoms with van der Waals surface area (Å²) in [5.74, 6) is 0.474. The number of carbonyl (C=O) groups excluding carboxylic acids is 1. The molecule has 20 heavy (non-hydrogen) atoms. The van der Waals surface area contributed by atoms with E-state index >= 15 is 0 Å². The molecule has 0 aromatic heterocycles. The fourth-order valence-corrected chi connectivity index (χ4v) is 1.72. The SMILES string of the molecule is CCCOc1ccc(C(=O)OCCCCCCO)cc1. The maximum Gasteiger partial charge on any atom is 0.338 e. The monoisotopic (exact) mass is 280 g/mol.